The number of nitrogens with zero attached hydrogens (tertiary/aromatic N) is 2. The zero-order chi connectivity index (χ0) is 9.26. The van der Waals surface area contributed by atoms with E-state index in [0.29, 0.717) is 5.02 Å². The average Bonchev–Trinajstić information content (AvgIpc) is 2.62. The monoisotopic (exact) mass is 276 g/mol. The van der Waals surface area contributed by atoms with E-state index in [4.69, 9.17) is 11.6 Å². The molecule has 2 aromatic rings. The topological polar surface area (TPSA) is 17.8 Å². The molecule has 2 heterocycles. The number of rotatable bonds is 2. The molecule has 0 amide bonds. The summed E-state index contributed by atoms with van der Waals surface area (Å²) >= 11 is 10.9. The number of aromatic nitrogens is 2. The Morgan fingerprint density at radius 2 is 2.46 bits per heavy atom. The summed E-state index contributed by atoms with van der Waals surface area (Å²) in [6.45, 7) is 0.781. The van der Waals surface area contributed by atoms with Crippen molar-refractivity contribution in [3.05, 3.63) is 38.2 Å². The van der Waals surface area contributed by atoms with Crippen LogP contribution in [0.1, 0.15) is 4.88 Å². The van der Waals surface area contributed by atoms with Crippen LogP contribution in [0, 0.1) is 0 Å². The summed E-state index contributed by atoms with van der Waals surface area (Å²) in [7, 11) is 0. The maximum Gasteiger partial charge on any atom is 0.0785 e. The summed E-state index contributed by atoms with van der Waals surface area (Å²) in [6.07, 6.45) is 3.46. The molecule has 0 aromatic carbocycles. The van der Waals surface area contributed by atoms with Gasteiger partial charge in [0.05, 0.1) is 17.8 Å². The highest BCUT2D eigenvalue weighted by Gasteiger charge is 2.00. The molecule has 13 heavy (non-hydrogen) atoms. The maximum atomic E-state index is 5.74. The van der Waals surface area contributed by atoms with Crippen molar-refractivity contribution in [1.29, 1.82) is 0 Å². The van der Waals surface area contributed by atoms with Gasteiger partial charge in [-0.25, -0.2) is 0 Å². The molecule has 68 valence electrons. The van der Waals surface area contributed by atoms with Crippen molar-refractivity contribution >= 4 is 38.9 Å². The number of halogens is 2. The van der Waals surface area contributed by atoms with Gasteiger partial charge in [-0.05, 0) is 22.0 Å². The van der Waals surface area contributed by atoms with Crippen LogP contribution < -0.4 is 0 Å². The largest absolute Gasteiger partial charge is 0.266 e. The first-order valence-corrected chi connectivity index (χ1v) is 5.70. The van der Waals surface area contributed by atoms with Gasteiger partial charge in [-0.3, -0.25) is 4.68 Å². The lowest BCUT2D eigenvalue weighted by Crippen LogP contribution is -1.96. The quantitative estimate of drug-likeness (QED) is 0.822. The first-order chi connectivity index (χ1) is 6.24. The van der Waals surface area contributed by atoms with Crippen molar-refractivity contribution in [2.45, 2.75) is 6.54 Å². The van der Waals surface area contributed by atoms with Crippen molar-refractivity contribution in [3.8, 4) is 0 Å². The lowest BCUT2D eigenvalue weighted by Gasteiger charge is -1.95. The molecule has 0 fully saturated rings. The Labute approximate surface area is 93.3 Å². The number of thiophene rings is 1. The van der Waals surface area contributed by atoms with Crippen molar-refractivity contribution in [3.63, 3.8) is 0 Å². The van der Waals surface area contributed by atoms with Crippen molar-refractivity contribution in [1.82, 2.24) is 9.78 Å². The fourth-order valence-corrected chi connectivity index (χ4v) is 2.62. The van der Waals surface area contributed by atoms with Gasteiger partial charge in [-0.2, -0.15) is 5.10 Å². The minimum Gasteiger partial charge on any atom is -0.266 e. The van der Waals surface area contributed by atoms with E-state index in [1.807, 2.05) is 10.9 Å². The van der Waals surface area contributed by atoms with E-state index in [1.54, 1.807) is 17.5 Å². The SMILES string of the molecule is Clc1cnn(Cc2cc(Br)cs2)c1. The summed E-state index contributed by atoms with van der Waals surface area (Å²) < 4.78 is 2.94. The van der Waals surface area contributed by atoms with Gasteiger partial charge >= 0.3 is 0 Å². The Bertz CT molecular complexity index is 371. The van der Waals surface area contributed by atoms with Crippen LogP contribution in [-0.2, 0) is 6.54 Å². The Balaban J connectivity index is 2.14. The van der Waals surface area contributed by atoms with Crippen LogP contribution in [0.5, 0.6) is 0 Å². The molecular formula is C8H6BrClN2S. The Morgan fingerprint density at radius 3 is 3.00 bits per heavy atom. The lowest BCUT2D eigenvalue weighted by atomic mass is 10.5. The Hall–Kier alpha value is -0.320. The van der Waals surface area contributed by atoms with Crippen LogP contribution in [-0.4, -0.2) is 9.78 Å². The molecule has 0 aliphatic heterocycles. The van der Waals surface area contributed by atoms with Crippen molar-refractivity contribution in [2.75, 3.05) is 0 Å². The molecule has 5 heteroatoms. The van der Waals surface area contributed by atoms with Crippen LogP contribution in [0.3, 0.4) is 0 Å². The summed E-state index contributed by atoms with van der Waals surface area (Å²) in [6, 6.07) is 2.08. The normalized spacial score (nSPS) is 10.6. The highest BCUT2D eigenvalue weighted by atomic mass is 79.9. The van der Waals surface area contributed by atoms with Crippen molar-refractivity contribution in [2.24, 2.45) is 0 Å². The molecular weight excluding hydrogens is 272 g/mol. The van der Waals surface area contributed by atoms with Crippen LogP contribution in [0.2, 0.25) is 5.02 Å². The minimum atomic E-state index is 0.677. The summed E-state index contributed by atoms with van der Waals surface area (Å²) in [5, 5.41) is 6.83. The van der Waals surface area contributed by atoms with Crippen LogP contribution in [0.4, 0.5) is 0 Å². The average molecular weight is 278 g/mol. The molecule has 0 aliphatic rings. The van der Waals surface area contributed by atoms with Gasteiger partial charge in [0.1, 0.15) is 0 Å². The molecule has 0 unspecified atom stereocenters. The third-order valence-corrected chi connectivity index (χ3v) is 3.42. The molecule has 0 aliphatic carbocycles. The predicted molar refractivity (Wildman–Crippen MR) is 58.4 cm³/mol. The molecule has 0 atom stereocenters. The van der Waals surface area contributed by atoms with Gasteiger partial charge in [0.15, 0.2) is 0 Å². The van der Waals surface area contributed by atoms with Gasteiger partial charge in [0, 0.05) is 20.9 Å². The van der Waals surface area contributed by atoms with E-state index in [9.17, 15) is 0 Å². The van der Waals surface area contributed by atoms with Crippen LogP contribution >= 0.6 is 38.9 Å². The first-order valence-electron chi connectivity index (χ1n) is 3.65. The number of hydrogen-bond acceptors (Lipinski definition) is 2. The van der Waals surface area contributed by atoms with Crippen molar-refractivity contribution < 1.29 is 0 Å². The van der Waals surface area contributed by atoms with E-state index in [2.05, 4.69) is 32.5 Å². The molecule has 0 radical (unpaired) electrons. The second-order valence-corrected chi connectivity index (χ2v) is 4.94. The smallest absolute Gasteiger partial charge is 0.0785 e. The fourth-order valence-electron chi connectivity index (χ4n) is 1.02. The van der Waals surface area contributed by atoms with Gasteiger partial charge in [0.2, 0.25) is 0 Å². The van der Waals surface area contributed by atoms with E-state index in [0.717, 1.165) is 11.0 Å². The van der Waals surface area contributed by atoms with E-state index in [-0.39, 0.29) is 0 Å². The van der Waals surface area contributed by atoms with E-state index in [1.165, 1.54) is 4.88 Å². The second kappa shape index (κ2) is 3.82. The molecule has 0 N–H and O–H groups in total. The number of hydrogen-bond donors (Lipinski definition) is 0. The molecule has 0 saturated heterocycles. The van der Waals surface area contributed by atoms with Gasteiger partial charge in [-0.15, -0.1) is 11.3 Å². The summed E-state index contributed by atoms with van der Waals surface area (Å²) in [5.74, 6) is 0. The van der Waals surface area contributed by atoms with Gasteiger partial charge < -0.3 is 0 Å². The molecule has 0 spiro atoms. The third-order valence-electron chi connectivity index (χ3n) is 1.54. The summed E-state index contributed by atoms with van der Waals surface area (Å²) in [4.78, 5) is 1.26. The minimum absolute atomic E-state index is 0.677. The highest BCUT2D eigenvalue weighted by molar-refractivity contribution is 9.10. The molecule has 2 aromatic heterocycles. The van der Waals surface area contributed by atoms with E-state index < -0.39 is 0 Å². The fraction of sp³-hybridized carbons (Fsp3) is 0.125. The molecule has 2 rings (SSSR count). The van der Waals surface area contributed by atoms with Crippen LogP contribution in [0.15, 0.2) is 28.3 Å². The Morgan fingerprint density at radius 1 is 1.62 bits per heavy atom. The molecule has 0 saturated carbocycles. The van der Waals surface area contributed by atoms with Gasteiger partial charge in [0.25, 0.3) is 0 Å². The zero-order valence-corrected chi connectivity index (χ0v) is 9.73. The predicted octanol–water partition coefficient (Wildman–Crippen LogP) is 3.41. The first kappa shape index (κ1) is 9.24. The maximum absolute atomic E-state index is 5.74. The van der Waals surface area contributed by atoms with Crippen LogP contribution in [0.25, 0.3) is 0 Å². The Kier molecular flexibility index (Phi) is 2.71. The zero-order valence-electron chi connectivity index (χ0n) is 6.58. The van der Waals surface area contributed by atoms with E-state index >= 15 is 0 Å². The summed E-state index contributed by atoms with van der Waals surface area (Å²) in [5.41, 5.74) is 0. The highest BCUT2D eigenvalue weighted by Crippen LogP contribution is 2.20. The third kappa shape index (κ3) is 2.33. The lowest BCUT2D eigenvalue weighted by molar-refractivity contribution is 0.694. The second-order valence-electron chi connectivity index (χ2n) is 2.59. The van der Waals surface area contributed by atoms with Gasteiger partial charge in [-0.1, -0.05) is 11.6 Å². The molecule has 0 bridgehead atoms. The molecule has 2 nitrogen and oxygen atoms in total. The standard InChI is InChI=1S/C8H6BrClN2S/c9-6-1-8(13-5-6)4-12-3-7(10)2-11-12/h1-3,5H,4H2.